The van der Waals surface area contributed by atoms with Crippen LogP contribution in [0, 0.1) is 5.92 Å². The van der Waals surface area contributed by atoms with Crippen LogP contribution in [0.3, 0.4) is 0 Å². The van der Waals surface area contributed by atoms with E-state index in [9.17, 15) is 9.90 Å². The molecule has 1 aliphatic heterocycles. The van der Waals surface area contributed by atoms with Gasteiger partial charge in [-0.05, 0) is 31.6 Å². The monoisotopic (exact) mass is 239 g/mol. The molecule has 1 saturated carbocycles. The molecule has 2 fully saturated rings. The summed E-state index contributed by atoms with van der Waals surface area (Å²) < 4.78 is 0. The largest absolute Gasteiger partial charge is 0.394 e. The third-order valence-electron chi connectivity index (χ3n) is 4.39. The number of hydrogen-bond donors (Lipinski definition) is 1. The van der Waals surface area contributed by atoms with Crippen LogP contribution < -0.4 is 0 Å². The third kappa shape index (κ3) is 3.21. The number of hydrogen-bond acceptors (Lipinski definition) is 2. The van der Waals surface area contributed by atoms with Crippen LogP contribution in [0.2, 0.25) is 0 Å². The fourth-order valence-corrected chi connectivity index (χ4v) is 3.38. The Morgan fingerprint density at radius 3 is 2.53 bits per heavy atom. The topological polar surface area (TPSA) is 40.5 Å². The molecule has 1 heterocycles. The van der Waals surface area contributed by atoms with Crippen LogP contribution in [0.1, 0.15) is 57.8 Å². The Morgan fingerprint density at radius 1 is 1.12 bits per heavy atom. The quantitative estimate of drug-likeness (QED) is 0.821. The van der Waals surface area contributed by atoms with Crippen molar-refractivity contribution in [2.75, 3.05) is 13.2 Å². The van der Waals surface area contributed by atoms with Gasteiger partial charge in [-0.3, -0.25) is 4.79 Å². The summed E-state index contributed by atoms with van der Waals surface area (Å²) in [6.07, 6.45) is 10.2. The van der Waals surface area contributed by atoms with Gasteiger partial charge in [-0.15, -0.1) is 0 Å². The zero-order valence-corrected chi connectivity index (χ0v) is 10.7. The Labute approximate surface area is 104 Å². The molecule has 1 atom stereocenters. The predicted octanol–water partition coefficient (Wildman–Crippen LogP) is 2.33. The number of carbonyl (C=O) groups excluding carboxylic acids is 1. The summed E-state index contributed by atoms with van der Waals surface area (Å²) in [5, 5.41) is 9.65. The average Bonchev–Trinajstić information content (AvgIpc) is 2.58. The lowest BCUT2D eigenvalue weighted by atomic mass is 9.83. The first kappa shape index (κ1) is 12.9. The van der Waals surface area contributed by atoms with Crippen molar-refractivity contribution in [2.45, 2.75) is 63.8 Å². The van der Waals surface area contributed by atoms with Crippen LogP contribution >= 0.6 is 0 Å². The molecule has 0 aromatic heterocycles. The SMILES string of the molecule is O=C1CCCCCN1C(CO)C1CCCCC1. The maximum Gasteiger partial charge on any atom is 0.222 e. The number of carbonyl (C=O) groups is 1. The van der Waals surface area contributed by atoms with Gasteiger partial charge in [0.15, 0.2) is 0 Å². The summed E-state index contributed by atoms with van der Waals surface area (Å²) in [5.74, 6) is 0.808. The molecule has 0 spiro atoms. The molecule has 1 N–H and O–H groups in total. The Bertz CT molecular complexity index is 249. The van der Waals surface area contributed by atoms with Crippen LogP contribution in [0.4, 0.5) is 0 Å². The first-order chi connectivity index (χ1) is 8.33. The molecule has 0 radical (unpaired) electrons. The van der Waals surface area contributed by atoms with E-state index in [-0.39, 0.29) is 18.6 Å². The van der Waals surface area contributed by atoms with Gasteiger partial charge in [0, 0.05) is 13.0 Å². The van der Waals surface area contributed by atoms with E-state index in [0.29, 0.717) is 12.3 Å². The fraction of sp³-hybridized carbons (Fsp3) is 0.929. The Balaban J connectivity index is 2.01. The molecule has 1 saturated heterocycles. The van der Waals surface area contributed by atoms with E-state index in [4.69, 9.17) is 0 Å². The van der Waals surface area contributed by atoms with E-state index in [0.717, 1.165) is 25.8 Å². The van der Waals surface area contributed by atoms with Crippen LogP contribution in [0.25, 0.3) is 0 Å². The number of likely N-dealkylation sites (tertiary alicyclic amines) is 1. The van der Waals surface area contributed by atoms with Crippen molar-refractivity contribution in [1.82, 2.24) is 4.90 Å². The number of aliphatic hydroxyl groups excluding tert-OH is 1. The molecule has 98 valence electrons. The lowest BCUT2D eigenvalue weighted by molar-refractivity contribution is -0.135. The molecule has 0 aromatic rings. The minimum Gasteiger partial charge on any atom is -0.394 e. The minimum atomic E-state index is 0.0981. The van der Waals surface area contributed by atoms with Gasteiger partial charge >= 0.3 is 0 Å². The molecular formula is C14H25NO2. The highest BCUT2D eigenvalue weighted by atomic mass is 16.3. The summed E-state index contributed by atoms with van der Waals surface area (Å²) in [5.41, 5.74) is 0. The number of nitrogens with zero attached hydrogens (tertiary/aromatic N) is 1. The molecule has 3 nitrogen and oxygen atoms in total. The third-order valence-corrected chi connectivity index (χ3v) is 4.39. The van der Waals surface area contributed by atoms with Gasteiger partial charge in [0.2, 0.25) is 5.91 Å². The second-order valence-corrected chi connectivity index (χ2v) is 5.55. The van der Waals surface area contributed by atoms with Gasteiger partial charge in [-0.25, -0.2) is 0 Å². The minimum absolute atomic E-state index is 0.0981. The molecule has 0 aromatic carbocycles. The van der Waals surface area contributed by atoms with Gasteiger partial charge in [0.05, 0.1) is 12.6 Å². The molecule has 2 rings (SSSR count). The second-order valence-electron chi connectivity index (χ2n) is 5.55. The van der Waals surface area contributed by atoms with Crippen LogP contribution in [0.15, 0.2) is 0 Å². The zero-order chi connectivity index (χ0) is 12.1. The van der Waals surface area contributed by atoms with Crippen LogP contribution in [-0.2, 0) is 4.79 Å². The standard InChI is InChI=1S/C14H25NO2/c16-11-13(12-7-3-1-4-8-12)15-10-6-2-5-9-14(15)17/h12-13,16H,1-11H2. The lowest BCUT2D eigenvalue weighted by Crippen LogP contribution is -2.47. The van der Waals surface area contributed by atoms with Crippen molar-refractivity contribution in [1.29, 1.82) is 0 Å². The summed E-state index contributed by atoms with van der Waals surface area (Å²) in [6, 6.07) is 0.0981. The van der Waals surface area contributed by atoms with E-state index < -0.39 is 0 Å². The van der Waals surface area contributed by atoms with Crippen molar-refractivity contribution in [3.8, 4) is 0 Å². The van der Waals surface area contributed by atoms with Crippen LogP contribution in [0.5, 0.6) is 0 Å². The maximum absolute atomic E-state index is 12.1. The second kappa shape index (κ2) is 6.39. The summed E-state index contributed by atoms with van der Waals surface area (Å²) in [7, 11) is 0. The highest BCUT2D eigenvalue weighted by Gasteiger charge is 2.31. The lowest BCUT2D eigenvalue weighted by Gasteiger charge is -2.37. The van der Waals surface area contributed by atoms with Gasteiger partial charge < -0.3 is 10.0 Å². The Kier molecular flexibility index (Phi) is 4.84. The molecular weight excluding hydrogens is 214 g/mol. The number of aliphatic hydroxyl groups is 1. The van der Waals surface area contributed by atoms with Crippen LogP contribution in [-0.4, -0.2) is 35.1 Å². The van der Waals surface area contributed by atoms with Gasteiger partial charge in [0.25, 0.3) is 0 Å². The van der Waals surface area contributed by atoms with Crippen molar-refractivity contribution >= 4 is 5.91 Å². The maximum atomic E-state index is 12.1. The molecule has 3 heteroatoms. The van der Waals surface area contributed by atoms with Crippen molar-refractivity contribution in [3.05, 3.63) is 0 Å². The van der Waals surface area contributed by atoms with E-state index in [2.05, 4.69) is 0 Å². The molecule has 2 aliphatic rings. The highest BCUT2D eigenvalue weighted by molar-refractivity contribution is 5.76. The summed E-state index contributed by atoms with van der Waals surface area (Å²) in [4.78, 5) is 14.1. The van der Waals surface area contributed by atoms with E-state index in [1.165, 1.54) is 32.1 Å². The van der Waals surface area contributed by atoms with Crippen molar-refractivity contribution < 1.29 is 9.90 Å². The summed E-state index contributed by atoms with van der Waals surface area (Å²) >= 11 is 0. The fourth-order valence-electron chi connectivity index (χ4n) is 3.38. The Morgan fingerprint density at radius 2 is 1.82 bits per heavy atom. The molecule has 1 aliphatic carbocycles. The first-order valence-corrected chi connectivity index (χ1v) is 7.23. The van der Waals surface area contributed by atoms with E-state index >= 15 is 0 Å². The molecule has 0 bridgehead atoms. The normalized spacial score (nSPS) is 25.7. The van der Waals surface area contributed by atoms with Gasteiger partial charge in [0.1, 0.15) is 0 Å². The molecule has 1 amide bonds. The van der Waals surface area contributed by atoms with Crippen molar-refractivity contribution in [2.24, 2.45) is 5.92 Å². The summed E-state index contributed by atoms with van der Waals surface area (Å²) in [6.45, 7) is 1.01. The average molecular weight is 239 g/mol. The smallest absolute Gasteiger partial charge is 0.222 e. The van der Waals surface area contributed by atoms with E-state index in [1.807, 2.05) is 4.90 Å². The Hall–Kier alpha value is -0.570. The zero-order valence-electron chi connectivity index (χ0n) is 10.7. The molecule has 1 unspecified atom stereocenters. The first-order valence-electron chi connectivity index (χ1n) is 7.23. The molecule has 17 heavy (non-hydrogen) atoms. The highest BCUT2D eigenvalue weighted by Crippen LogP contribution is 2.30. The number of amides is 1. The van der Waals surface area contributed by atoms with Crippen molar-refractivity contribution in [3.63, 3.8) is 0 Å². The van der Waals surface area contributed by atoms with Gasteiger partial charge in [-0.2, -0.15) is 0 Å². The predicted molar refractivity (Wildman–Crippen MR) is 67.6 cm³/mol. The number of rotatable bonds is 3. The van der Waals surface area contributed by atoms with E-state index in [1.54, 1.807) is 0 Å². The van der Waals surface area contributed by atoms with Gasteiger partial charge in [-0.1, -0.05) is 25.7 Å².